The number of sulfone groups is 2. The van der Waals surface area contributed by atoms with Crippen LogP contribution in [0.15, 0.2) is 219 Å². The highest BCUT2D eigenvalue weighted by molar-refractivity contribution is 7.92. The molecule has 0 saturated carbocycles. The molecule has 0 atom stereocenters. The van der Waals surface area contributed by atoms with E-state index in [0.29, 0.717) is 73.8 Å². The lowest BCUT2D eigenvalue weighted by Gasteiger charge is -2.09. The van der Waals surface area contributed by atoms with E-state index >= 15 is 0 Å². The molecule has 21 heteroatoms. The van der Waals surface area contributed by atoms with Crippen molar-refractivity contribution < 1.29 is 43.6 Å². The van der Waals surface area contributed by atoms with Crippen LogP contribution in [0.3, 0.4) is 0 Å². The van der Waals surface area contributed by atoms with Crippen LogP contribution in [-0.4, -0.2) is 98.5 Å². The predicted molar refractivity (Wildman–Crippen MR) is 339 cm³/mol. The van der Waals surface area contributed by atoms with Crippen molar-refractivity contribution in [1.29, 1.82) is 0 Å². The van der Waals surface area contributed by atoms with Crippen LogP contribution in [0.2, 0.25) is 10.0 Å². The van der Waals surface area contributed by atoms with Gasteiger partial charge in [-0.2, -0.15) is 18.6 Å². The molecule has 2 aromatic heterocycles. The summed E-state index contributed by atoms with van der Waals surface area (Å²) < 4.78 is 107. The van der Waals surface area contributed by atoms with E-state index in [1.54, 1.807) is 100 Å². The van der Waals surface area contributed by atoms with Crippen molar-refractivity contribution in [2.75, 3.05) is 53.7 Å². The lowest BCUT2D eigenvalue weighted by molar-refractivity contribution is 0.198. The van der Waals surface area contributed by atoms with Gasteiger partial charge in [-0.3, -0.25) is 13.5 Å². The molecule has 1 fully saturated rings. The van der Waals surface area contributed by atoms with E-state index in [1.807, 2.05) is 105 Å². The van der Waals surface area contributed by atoms with Crippen LogP contribution >= 0.6 is 23.2 Å². The normalized spacial score (nSPS) is 12.5. The van der Waals surface area contributed by atoms with Gasteiger partial charge >= 0.3 is 0 Å². The second-order valence-corrected chi connectivity index (χ2v) is 25.9. The van der Waals surface area contributed by atoms with Gasteiger partial charge in [-0.25, -0.2) is 16.8 Å². The average Bonchev–Trinajstić information content (AvgIpc) is 1.63. The number of nitrogens with one attached hydrogen (secondary N) is 1. The third kappa shape index (κ3) is 14.9. The summed E-state index contributed by atoms with van der Waals surface area (Å²) in [6, 6.07) is 56.7. The Bertz CT molecular complexity index is 4480. The summed E-state index contributed by atoms with van der Waals surface area (Å²) in [5, 5.41) is 17.1. The first-order valence-corrected chi connectivity index (χ1v) is 32.7. The molecule has 1 aliphatic heterocycles. The molecule has 446 valence electrons. The molecule has 12 rings (SSSR count). The smallest absolute Gasteiger partial charge is 0.297 e. The molecule has 0 amide bonds. The maximum absolute atomic E-state index is 14.2. The number of hydrogen-bond acceptors (Lipinski definition) is 14. The van der Waals surface area contributed by atoms with Crippen LogP contribution in [0.4, 0.5) is 0 Å². The number of nitrogens with zero attached hydrogens (tertiary/aromatic N) is 4. The van der Waals surface area contributed by atoms with E-state index in [4.69, 9.17) is 41.6 Å². The van der Waals surface area contributed by atoms with Crippen molar-refractivity contribution in [3.8, 4) is 11.5 Å². The van der Waals surface area contributed by atoms with E-state index in [9.17, 15) is 25.3 Å². The number of aromatic nitrogens is 4. The zero-order valence-corrected chi connectivity index (χ0v) is 51.4. The molecule has 1 saturated heterocycles. The molecule has 86 heavy (non-hydrogen) atoms. The molecular weight excluding hydrogens is 1190 g/mol. The summed E-state index contributed by atoms with van der Waals surface area (Å²) in [6.07, 6.45) is 2.56. The van der Waals surface area contributed by atoms with Gasteiger partial charge < -0.3 is 25.3 Å². The number of likely N-dealkylation sites (N-methyl/N-ethyl adjacent to an activating group) is 1. The molecule has 3 N–H and O–H groups in total. The Hall–Kier alpha value is -7.69. The summed E-state index contributed by atoms with van der Waals surface area (Å²) in [7, 11) is -8.63. The topological polar surface area (TPSA) is 213 Å². The van der Waals surface area contributed by atoms with Gasteiger partial charge in [0.05, 0.1) is 38.8 Å². The Morgan fingerprint density at radius 2 is 0.977 bits per heavy atom. The number of aryl methyl sites for hydroxylation is 1. The van der Waals surface area contributed by atoms with E-state index in [2.05, 4.69) is 21.2 Å². The highest BCUT2D eigenvalue weighted by Crippen LogP contribution is 2.36. The van der Waals surface area contributed by atoms with Crippen LogP contribution in [0.25, 0.3) is 43.4 Å². The maximum Gasteiger partial charge on any atom is 0.297 e. The minimum Gasteiger partial charge on any atom is -0.492 e. The number of rotatable bonds is 18. The third-order valence-electron chi connectivity index (χ3n) is 13.8. The fourth-order valence-corrected chi connectivity index (χ4v) is 14.1. The molecule has 1 aliphatic rings. The van der Waals surface area contributed by atoms with Gasteiger partial charge in [0.15, 0.2) is 10.1 Å². The van der Waals surface area contributed by atoms with Crippen LogP contribution < -0.4 is 20.5 Å². The van der Waals surface area contributed by atoms with Gasteiger partial charge in [0.2, 0.25) is 19.7 Å². The minimum atomic E-state index is -4.08. The van der Waals surface area contributed by atoms with Gasteiger partial charge in [0.1, 0.15) is 31.3 Å². The lowest BCUT2D eigenvalue weighted by Crippen LogP contribution is -2.15. The van der Waals surface area contributed by atoms with Crippen LogP contribution in [-0.2, 0) is 51.8 Å². The summed E-state index contributed by atoms with van der Waals surface area (Å²) in [4.78, 5) is 0.428. The number of hydrogen-bond donors (Lipinski definition) is 2. The van der Waals surface area contributed by atoms with Gasteiger partial charge in [-0.05, 0) is 141 Å². The third-order valence-corrected chi connectivity index (χ3v) is 19.0. The largest absolute Gasteiger partial charge is 0.492 e. The van der Waals surface area contributed by atoms with E-state index in [-0.39, 0.29) is 44.5 Å². The molecular formula is C65H64Cl2N6O10S3. The summed E-state index contributed by atoms with van der Waals surface area (Å²) in [5.74, 6) is 0.926. The molecule has 0 unspecified atom stereocenters. The lowest BCUT2D eigenvalue weighted by atomic mass is 10.1. The molecule has 0 bridgehead atoms. The number of halogens is 2. The Balaban J connectivity index is 0.000000188. The maximum atomic E-state index is 14.2. The van der Waals surface area contributed by atoms with Gasteiger partial charge in [0.25, 0.3) is 10.1 Å². The monoisotopic (exact) mass is 1250 g/mol. The zero-order chi connectivity index (χ0) is 60.8. The Morgan fingerprint density at radius 3 is 1.43 bits per heavy atom. The molecule has 11 aromatic rings. The van der Waals surface area contributed by atoms with Crippen molar-refractivity contribution in [1.82, 2.24) is 24.9 Å². The molecule has 0 radical (unpaired) electrons. The molecule has 0 spiro atoms. The molecule has 9 aromatic carbocycles. The second-order valence-electron chi connectivity index (χ2n) is 19.7. The van der Waals surface area contributed by atoms with Gasteiger partial charge in [-0.1, -0.05) is 138 Å². The first-order chi connectivity index (χ1) is 41.6. The number of benzene rings is 9. The SMILES string of the molecule is C1CCOC1.CN.CNCCOc1ccc2c(c1)c(S(=O)(=O)c1cccc3ccccc13)nn2Cc1cccc(Cl)c1.Cc1ccc(S(=O)(=O)OCCOc2ccc3c(c2)c(S(=O)(=O)c2cccc4ccccc24)nn3Cc2cccc(Cl)c2)cc1. The number of nitrogens with two attached hydrogens (primary N) is 1. The second kappa shape index (κ2) is 28.7. The zero-order valence-electron chi connectivity index (χ0n) is 47.5. The van der Waals surface area contributed by atoms with Crippen LogP contribution in [0, 0.1) is 6.92 Å². The standard InChI is InChI=1S/C33H27ClN2O6S2.C27H24ClN3O3S.C4H8O.CH5N/c1-23-12-15-28(16-13-23)44(39,40)42-19-18-41-27-14-17-31-30(21-27)33(35-36(31)22-24-6-4-9-26(34)20-24)43(37,38)32-11-5-8-25-7-2-3-10-29(25)32;1-29-14-15-34-22-12-13-25-24(17-22)27(30-31(25)18-19-6-4-9-21(28)16-19)35(32,33)26-11-5-8-20-7-2-3-10-23(20)26;1-2-4-5-3-1;1-2/h2-17,20-21H,18-19,22H2,1H3;2-13,16-17,29H,14-15,18H2,1H3;1-4H2;2H2,1H3. The van der Waals surface area contributed by atoms with Crippen molar-refractivity contribution in [3.05, 3.63) is 221 Å². The van der Waals surface area contributed by atoms with Crippen molar-refractivity contribution >= 4 is 96.3 Å². The van der Waals surface area contributed by atoms with E-state index in [1.165, 1.54) is 32.0 Å². The Kier molecular flexibility index (Phi) is 20.9. The fraction of sp³-hybridized carbons (Fsp3) is 0.200. The van der Waals surface area contributed by atoms with Crippen molar-refractivity contribution in [2.45, 2.75) is 57.6 Å². The quantitative estimate of drug-likeness (QED) is 0.0604. The van der Waals surface area contributed by atoms with E-state index in [0.717, 1.165) is 40.7 Å². The number of ether oxygens (including phenoxy) is 3. The summed E-state index contributed by atoms with van der Waals surface area (Å²) in [5.41, 5.74) is 8.48. The Morgan fingerprint density at radius 1 is 0.523 bits per heavy atom. The van der Waals surface area contributed by atoms with E-state index < -0.39 is 29.8 Å². The highest BCUT2D eigenvalue weighted by atomic mass is 35.5. The van der Waals surface area contributed by atoms with Crippen molar-refractivity contribution in [3.63, 3.8) is 0 Å². The molecule has 3 heterocycles. The minimum absolute atomic E-state index is 0.00458. The van der Waals surface area contributed by atoms with Crippen LogP contribution in [0.1, 0.15) is 29.5 Å². The van der Waals surface area contributed by atoms with Gasteiger partial charge in [0, 0.05) is 51.3 Å². The average molecular weight is 1260 g/mol. The summed E-state index contributed by atoms with van der Waals surface area (Å²) >= 11 is 12.4. The highest BCUT2D eigenvalue weighted by Gasteiger charge is 2.30. The summed E-state index contributed by atoms with van der Waals surface area (Å²) in [6.45, 7) is 5.34. The van der Waals surface area contributed by atoms with Crippen molar-refractivity contribution in [2.24, 2.45) is 5.73 Å². The predicted octanol–water partition coefficient (Wildman–Crippen LogP) is 12.5. The fourth-order valence-electron chi connectivity index (χ4n) is 9.62. The molecule has 0 aliphatic carbocycles. The Labute approximate surface area is 511 Å². The first-order valence-electron chi connectivity index (χ1n) is 27.6. The number of fused-ring (bicyclic) bond motifs is 4. The van der Waals surface area contributed by atoms with Gasteiger partial charge in [-0.15, -0.1) is 0 Å². The first kappa shape index (κ1) is 62.8. The molecule has 16 nitrogen and oxygen atoms in total. The van der Waals surface area contributed by atoms with Crippen LogP contribution in [0.5, 0.6) is 11.5 Å².